The maximum Gasteiger partial charge on any atom is 0.268 e. The summed E-state index contributed by atoms with van der Waals surface area (Å²) in [5.74, 6) is 0. The molecule has 0 bridgehead atoms. The lowest BCUT2D eigenvalue weighted by Crippen LogP contribution is -2.22. The first-order valence-corrected chi connectivity index (χ1v) is 7.00. The molecule has 0 aliphatic rings. The van der Waals surface area contributed by atoms with Crippen LogP contribution in [0, 0.1) is 6.92 Å². The van der Waals surface area contributed by atoms with E-state index in [0.29, 0.717) is 16.7 Å². The molecule has 0 radical (unpaired) electrons. The van der Waals surface area contributed by atoms with Crippen molar-refractivity contribution in [1.82, 2.24) is 19.7 Å². The Bertz CT molecular complexity index is 609. The summed E-state index contributed by atoms with van der Waals surface area (Å²) in [6.45, 7) is 4.95. The first-order chi connectivity index (χ1) is 8.61. The van der Waals surface area contributed by atoms with Crippen LogP contribution >= 0.6 is 27.3 Å². The van der Waals surface area contributed by atoms with E-state index in [1.807, 2.05) is 6.92 Å². The molecule has 1 N–H and O–H groups in total. The van der Waals surface area contributed by atoms with Crippen molar-refractivity contribution in [3.63, 3.8) is 0 Å². The van der Waals surface area contributed by atoms with Crippen LogP contribution in [0.3, 0.4) is 0 Å². The van der Waals surface area contributed by atoms with Crippen molar-refractivity contribution >= 4 is 32.4 Å². The molecular formula is C10H12BrN5OS. The molecule has 0 aliphatic heterocycles. The number of aryl methyl sites for hydroxylation is 1. The van der Waals surface area contributed by atoms with Gasteiger partial charge in [-0.15, -0.1) is 10.2 Å². The zero-order valence-corrected chi connectivity index (χ0v) is 12.4. The first-order valence-electron chi connectivity index (χ1n) is 5.39. The van der Waals surface area contributed by atoms with Gasteiger partial charge in [-0.25, -0.2) is 4.98 Å². The summed E-state index contributed by atoms with van der Waals surface area (Å²) >= 11 is 4.67. The van der Waals surface area contributed by atoms with Gasteiger partial charge in [-0.2, -0.15) is 0 Å². The van der Waals surface area contributed by atoms with Crippen molar-refractivity contribution in [2.75, 3.05) is 11.9 Å². The van der Waals surface area contributed by atoms with Crippen LogP contribution in [0.25, 0.3) is 0 Å². The van der Waals surface area contributed by atoms with Crippen molar-refractivity contribution < 1.29 is 0 Å². The Labute approximate surface area is 116 Å². The topological polar surface area (TPSA) is 72.7 Å². The van der Waals surface area contributed by atoms with Gasteiger partial charge in [-0.3, -0.25) is 9.36 Å². The minimum Gasteiger partial charge on any atom is -0.360 e. The van der Waals surface area contributed by atoms with E-state index in [2.05, 4.69) is 36.4 Å². The summed E-state index contributed by atoms with van der Waals surface area (Å²) in [6.07, 6.45) is 1.52. The van der Waals surface area contributed by atoms with E-state index in [1.54, 1.807) is 6.92 Å². The smallest absolute Gasteiger partial charge is 0.268 e. The predicted octanol–water partition coefficient (Wildman–Crippen LogP) is 1.65. The van der Waals surface area contributed by atoms with Gasteiger partial charge in [0.2, 0.25) is 5.13 Å². The van der Waals surface area contributed by atoms with Gasteiger partial charge in [-0.1, -0.05) is 11.3 Å². The molecule has 2 rings (SSSR count). The maximum atomic E-state index is 11.9. The van der Waals surface area contributed by atoms with E-state index < -0.39 is 0 Å². The fourth-order valence-corrected chi connectivity index (χ4v) is 2.48. The Kier molecular flexibility index (Phi) is 4.07. The number of nitrogens with zero attached hydrogens (tertiary/aromatic N) is 4. The second-order valence-electron chi connectivity index (χ2n) is 3.61. The lowest BCUT2D eigenvalue weighted by molar-refractivity contribution is 0.713. The number of aromatic nitrogens is 4. The van der Waals surface area contributed by atoms with Gasteiger partial charge in [0, 0.05) is 6.54 Å². The lowest BCUT2D eigenvalue weighted by atomic mass is 10.4. The molecule has 0 spiro atoms. The summed E-state index contributed by atoms with van der Waals surface area (Å²) in [5.41, 5.74) is 0.574. The summed E-state index contributed by atoms with van der Waals surface area (Å²) < 4.78 is 1.99. The van der Waals surface area contributed by atoms with Gasteiger partial charge in [0.15, 0.2) is 0 Å². The van der Waals surface area contributed by atoms with Crippen molar-refractivity contribution in [3.05, 3.63) is 31.9 Å². The van der Waals surface area contributed by atoms with E-state index in [9.17, 15) is 4.79 Å². The summed E-state index contributed by atoms with van der Waals surface area (Å²) in [4.78, 5) is 16.1. The average molecular weight is 330 g/mol. The molecule has 0 amide bonds. The van der Waals surface area contributed by atoms with Crippen molar-refractivity contribution in [2.24, 2.45) is 0 Å². The Morgan fingerprint density at radius 2 is 2.28 bits per heavy atom. The second kappa shape index (κ2) is 5.57. The monoisotopic (exact) mass is 329 g/mol. The number of halogens is 1. The Hall–Kier alpha value is -1.28. The van der Waals surface area contributed by atoms with Gasteiger partial charge in [0.05, 0.1) is 18.6 Å². The molecule has 2 aromatic rings. The Morgan fingerprint density at radius 1 is 1.50 bits per heavy atom. The van der Waals surface area contributed by atoms with Gasteiger partial charge in [0.1, 0.15) is 9.48 Å². The molecule has 18 heavy (non-hydrogen) atoms. The number of rotatable bonds is 4. The standard InChI is InChI=1S/C10H12BrN5OS/c1-3-12-10-15-14-7(18-10)4-16-5-13-6(2)8(11)9(16)17/h5H,3-4H2,1-2H3,(H,12,15). The van der Waals surface area contributed by atoms with Crippen LogP contribution in [-0.4, -0.2) is 26.3 Å². The predicted molar refractivity (Wildman–Crippen MR) is 74.1 cm³/mol. The fourth-order valence-electron chi connectivity index (χ4n) is 1.34. The molecule has 0 aromatic carbocycles. The zero-order valence-electron chi connectivity index (χ0n) is 9.97. The Morgan fingerprint density at radius 3 is 3.00 bits per heavy atom. The molecule has 0 unspecified atom stereocenters. The molecule has 6 nitrogen and oxygen atoms in total. The van der Waals surface area contributed by atoms with Crippen molar-refractivity contribution in [3.8, 4) is 0 Å². The summed E-state index contributed by atoms with van der Waals surface area (Å²) in [7, 11) is 0. The molecule has 0 aliphatic carbocycles. The van der Waals surface area contributed by atoms with E-state index in [0.717, 1.165) is 16.7 Å². The van der Waals surface area contributed by atoms with Gasteiger partial charge >= 0.3 is 0 Å². The number of nitrogens with one attached hydrogen (secondary N) is 1. The van der Waals surface area contributed by atoms with E-state index in [1.165, 1.54) is 22.2 Å². The highest BCUT2D eigenvalue weighted by Gasteiger charge is 2.09. The highest BCUT2D eigenvalue weighted by atomic mass is 79.9. The average Bonchev–Trinajstić information content (AvgIpc) is 2.78. The number of anilines is 1. The third kappa shape index (κ3) is 2.75. The quantitative estimate of drug-likeness (QED) is 0.923. The second-order valence-corrected chi connectivity index (χ2v) is 5.46. The van der Waals surface area contributed by atoms with Crippen LogP contribution in [0.15, 0.2) is 15.6 Å². The zero-order chi connectivity index (χ0) is 13.1. The fraction of sp³-hybridized carbons (Fsp3) is 0.400. The van der Waals surface area contributed by atoms with Gasteiger partial charge in [0.25, 0.3) is 5.56 Å². The van der Waals surface area contributed by atoms with Crippen LogP contribution < -0.4 is 10.9 Å². The number of hydrogen-bond donors (Lipinski definition) is 1. The molecule has 0 fully saturated rings. The molecule has 0 saturated carbocycles. The Balaban J connectivity index is 2.23. The highest BCUT2D eigenvalue weighted by molar-refractivity contribution is 9.10. The molecule has 8 heteroatoms. The van der Waals surface area contributed by atoms with Gasteiger partial charge in [-0.05, 0) is 29.8 Å². The SMILES string of the molecule is CCNc1nnc(Cn2cnc(C)c(Br)c2=O)s1. The van der Waals surface area contributed by atoms with Crippen molar-refractivity contribution in [1.29, 1.82) is 0 Å². The molecule has 0 atom stereocenters. The summed E-state index contributed by atoms with van der Waals surface area (Å²) in [5, 5.41) is 12.6. The van der Waals surface area contributed by atoms with E-state index in [4.69, 9.17) is 0 Å². The minimum atomic E-state index is -0.109. The van der Waals surface area contributed by atoms with Crippen molar-refractivity contribution in [2.45, 2.75) is 20.4 Å². The maximum absolute atomic E-state index is 11.9. The molecular weight excluding hydrogens is 318 g/mol. The lowest BCUT2D eigenvalue weighted by Gasteiger charge is -2.03. The number of hydrogen-bond acceptors (Lipinski definition) is 6. The van der Waals surface area contributed by atoms with Crippen LogP contribution in [-0.2, 0) is 6.54 Å². The first kappa shape index (κ1) is 13.2. The van der Waals surface area contributed by atoms with Crippen LogP contribution in [0.1, 0.15) is 17.6 Å². The summed E-state index contributed by atoms with van der Waals surface area (Å²) in [6, 6.07) is 0. The largest absolute Gasteiger partial charge is 0.360 e. The van der Waals surface area contributed by atoms with Crippen LogP contribution in [0.4, 0.5) is 5.13 Å². The third-order valence-corrected chi connectivity index (χ3v) is 4.04. The third-order valence-electron chi connectivity index (χ3n) is 2.26. The van der Waals surface area contributed by atoms with E-state index in [-0.39, 0.29) is 5.56 Å². The van der Waals surface area contributed by atoms with Crippen LogP contribution in [0.2, 0.25) is 0 Å². The molecule has 2 heterocycles. The highest BCUT2D eigenvalue weighted by Crippen LogP contribution is 2.15. The molecule has 0 saturated heterocycles. The minimum absolute atomic E-state index is 0.109. The normalized spacial score (nSPS) is 10.6. The molecule has 2 aromatic heterocycles. The van der Waals surface area contributed by atoms with Crippen LogP contribution in [0.5, 0.6) is 0 Å². The van der Waals surface area contributed by atoms with Gasteiger partial charge < -0.3 is 5.32 Å². The molecule has 96 valence electrons. The van der Waals surface area contributed by atoms with E-state index >= 15 is 0 Å².